The van der Waals surface area contributed by atoms with Crippen LogP contribution in [-0.2, 0) is 0 Å². The zero-order chi connectivity index (χ0) is 28.0. The molecule has 0 N–H and O–H groups in total. The Bertz CT molecular complexity index is 696. The Labute approximate surface area is 194 Å². The van der Waals surface area contributed by atoms with Crippen LogP contribution in [0.1, 0.15) is 46.0 Å². The van der Waals surface area contributed by atoms with Crippen molar-refractivity contribution in [3.05, 3.63) is 0 Å². The largest absolute Gasteiger partial charge is 0.460 e. The van der Waals surface area contributed by atoms with Crippen LogP contribution in [0.4, 0.5) is 74.6 Å². The Morgan fingerprint density at radius 3 is 1.12 bits per heavy atom. The first-order valence-corrected chi connectivity index (χ1v) is 10.1. The second-order valence-corrected chi connectivity index (χ2v) is 9.72. The first-order chi connectivity index (χ1) is 14.6. The molecule has 206 valence electrons. The third kappa shape index (κ3) is 5.02. The highest BCUT2D eigenvalue weighted by molar-refractivity contribution is 14.1. The SMILES string of the molecule is CCCCC(I)(CC)CC(F)(F)C(F)(F)C(F)(F)C(F)(F)C(F)(F)C(F)(F)C(F)(F)C(F)(F)F. The predicted molar refractivity (Wildman–Crippen MR) is 91.9 cm³/mol. The molecule has 0 fully saturated rings. The van der Waals surface area contributed by atoms with Gasteiger partial charge in [-0.2, -0.15) is 74.6 Å². The molecule has 34 heavy (non-hydrogen) atoms. The van der Waals surface area contributed by atoms with Crippen molar-refractivity contribution >= 4 is 22.6 Å². The van der Waals surface area contributed by atoms with E-state index in [0.717, 1.165) is 29.5 Å². The fourth-order valence-electron chi connectivity index (χ4n) is 2.59. The summed E-state index contributed by atoms with van der Waals surface area (Å²) in [7, 11) is 0. The molecule has 0 spiro atoms. The smallest absolute Gasteiger partial charge is 0.200 e. The molecule has 0 aromatic rings. The number of alkyl halides is 18. The van der Waals surface area contributed by atoms with Gasteiger partial charge in [0, 0.05) is 9.84 Å². The van der Waals surface area contributed by atoms with Crippen LogP contribution in [0.5, 0.6) is 0 Å². The third-order valence-corrected chi connectivity index (χ3v) is 6.62. The van der Waals surface area contributed by atoms with Crippen molar-refractivity contribution in [2.45, 2.75) is 97.0 Å². The van der Waals surface area contributed by atoms with Crippen molar-refractivity contribution in [1.82, 2.24) is 0 Å². The van der Waals surface area contributed by atoms with E-state index in [1.165, 1.54) is 6.92 Å². The molecule has 0 nitrogen and oxygen atoms in total. The molecule has 1 unspecified atom stereocenters. The normalized spacial score (nSPS) is 17.6. The summed E-state index contributed by atoms with van der Waals surface area (Å²) in [6.45, 7) is 2.56. The van der Waals surface area contributed by atoms with Crippen LogP contribution in [0.3, 0.4) is 0 Å². The van der Waals surface area contributed by atoms with Gasteiger partial charge in [-0.1, -0.05) is 49.3 Å². The highest BCUT2D eigenvalue weighted by atomic mass is 127. The van der Waals surface area contributed by atoms with Gasteiger partial charge in [-0.3, -0.25) is 0 Å². The van der Waals surface area contributed by atoms with Gasteiger partial charge < -0.3 is 0 Å². The molecule has 0 aliphatic carbocycles. The third-order valence-electron chi connectivity index (χ3n) is 4.94. The highest BCUT2D eigenvalue weighted by Crippen LogP contribution is 2.64. The minimum absolute atomic E-state index is 0.0157. The van der Waals surface area contributed by atoms with E-state index in [0.29, 0.717) is 0 Å². The van der Waals surface area contributed by atoms with E-state index in [1.807, 2.05) is 0 Å². The zero-order valence-electron chi connectivity index (χ0n) is 16.8. The van der Waals surface area contributed by atoms with E-state index in [-0.39, 0.29) is 12.8 Å². The Hall–Kier alpha value is -0.460. The van der Waals surface area contributed by atoms with Crippen LogP contribution >= 0.6 is 22.6 Å². The van der Waals surface area contributed by atoms with Crippen LogP contribution in [0.2, 0.25) is 0 Å². The molecule has 0 saturated carbocycles. The Morgan fingerprint density at radius 2 is 0.824 bits per heavy atom. The van der Waals surface area contributed by atoms with Crippen molar-refractivity contribution in [2.75, 3.05) is 0 Å². The maximum atomic E-state index is 14.1. The van der Waals surface area contributed by atoms with Gasteiger partial charge in [0.2, 0.25) is 0 Å². The summed E-state index contributed by atoms with van der Waals surface area (Å²) in [5.41, 5.74) is 0. The van der Waals surface area contributed by atoms with E-state index in [9.17, 15) is 74.6 Å². The molecule has 0 aliphatic heterocycles. The molecule has 18 heteroatoms. The zero-order valence-corrected chi connectivity index (χ0v) is 19.0. The quantitative estimate of drug-likeness (QED) is 0.112. The lowest BCUT2D eigenvalue weighted by Gasteiger charge is -2.43. The predicted octanol–water partition coefficient (Wildman–Crippen LogP) is 9.16. The standard InChI is InChI=1S/C16H16F17I/c1-3-5-6-8(34,4-2)7-9(17,18)10(19,20)11(21,22)12(23,24)13(25,26)14(27,28)15(29,30)16(31,32)33/h3-7H2,1-2H3. The molecule has 0 amide bonds. The molecule has 0 saturated heterocycles. The van der Waals surface area contributed by atoms with Crippen LogP contribution in [0.25, 0.3) is 0 Å². The van der Waals surface area contributed by atoms with E-state index in [4.69, 9.17) is 0 Å². The van der Waals surface area contributed by atoms with E-state index >= 15 is 0 Å². The van der Waals surface area contributed by atoms with Crippen LogP contribution in [0, 0.1) is 0 Å². The second kappa shape index (κ2) is 9.45. The van der Waals surface area contributed by atoms with Gasteiger partial charge in [-0.15, -0.1) is 0 Å². The maximum Gasteiger partial charge on any atom is 0.460 e. The molecule has 0 rings (SSSR count). The van der Waals surface area contributed by atoms with Gasteiger partial charge in [0.15, 0.2) is 0 Å². The number of unbranched alkanes of at least 4 members (excludes halogenated alkanes) is 1. The number of rotatable bonds is 12. The number of hydrogen-bond acceptors (Lipinski definition) is 0. The van der Waals surface area contributed by atoms with Crippen LogP contribution in [0.15, 0.2) is 0 Å². The monoisotopic (exact) mass is 658 g/mol. The lowest BCUT2D eigenvalue weighted by atomic mass is 9.84. The van der Waals surface area contributed by atoms with Gasteiger partial charge in [-0.25, -0.2) is 0 Å². The van der Waals surface area contributed by atoms with E-state index in [2.05, 4.69) is 0 Å². The van der Waals surface area contributed by atoms with Crippen LogP contribution in [-0.4, -0.2) is 51.1 Å². The lowest BCUT2D eigenvalue weighted by molar-refractivity contribution is -0.462. The van der Waals surface area contributed by atoms with E-state index < -0.39 is 70.3 Å². The summed E-state index contributed by atoms with van der Waals surface area (Å²) in [6, 6.07) is 0. The molecular weight excluding hydrogens is 642 g/mol. The summed E-state index contributed by atoms with van der Waals surface area (Å²) in [5, 5.41) is 0. The number of halogens is 18. The van der Waals surface area contributed by atoms with Crippen molar-refractivity contribution < 1.29 is 74.6 Å². The summed E-state index contributed by atoms with van der Waals surface area (Å²) >= 11 is 1.09. The summed E-state index contributed by atoms with van der Waals surface area (Å²) in [5.74, 6) is -55.9. The molecule has 0 aliphatic rings. The van der Waals surface area contributed by atoms with Crippen molar-refractivity contribution in [3.8, 4) is 0 Å². The lowest BCUT2D eigenvalue weighted by Crippen LogP contribution is -2.74. The minimum atomic E-state index is -8.59. The summed E-state index contributed by atoms with van der Waals surface area (Å²) in [6.07, 6.45) is -10.7. The molecule has 0 heterocycles. The van der Waals surface area contributed by atoms with Gasteiger partial charge >= 0.3 is 47.6 Å². The minimum Gasteiger partial charge on any atom is -0.200 e. The maximum absolute atomic E-state index is 14.1. The van der Waals surface area contributed by atoms with Crippen molar-refractivity contribution in [2.24, 2.45) is 0 Å². The molecule has 0 radical (unpaired) electrons. The summed E-state index contributed by atoms with van der Waals surface area (Å²) < 4.78 is 224. The first-order valence-electron chi connectivity index (χ1n) is 8.98. The van der Waals surface area contributed by atoms with Gasteiger partial charge in [0.05, 0.1) is 0 Å². The molecule has 1 atom stereocenters. The van der Waals surface area contributed by atoms with E-state index in [1.54, 1.807) is 0 Å². The Kier molecular flexibility index (Phi) is 9.32. The fraction of sp³-hybridized carbons (Fsp3) is 1.00. The van der Waals surface area contributed by atoms with Crippen molar-refractivity contribution in [1.29, 1.82) is 0 Å². The van der Waals surface area contributed by atoms with Crippen LogP contribution < -0.4 is 0 Å². The first kappa shape index (κ1) is 33.5. The summed E-state index contributed by atoms with van der Waals surface area (Å²) in [4.78, 5) is 0. The highest BCUT2D eigenvalue weighted by Gasteiger charge is 2.95. The van der Waals surface area contributed by atoms with Crippen molar-refractivity contribution in [3.63, 3.8) is 0 Å². The van der Waals surface area contributed by atoms with Gasteiger partial charge in [0.25, 0.3) is 0 Å². The second-order valence-electron chi connectivity index (χ2n) is 7.43. The molecule has 0 bridgehead atoms. The Balaban J connectivity index is 6.65. The topological polar surface area (TPSA) is 0 Å². The van der Waals surface area contributed by atoms with Gasteiger partial charge in [-0.05, 0) is 12.8 Å². The number of hydrogen-bond donors (Lipinski definition) is 0. The average Bonchev–Trinajstić information content (AvgIpc) is 2.64. The fourth-order valence-corrected chi connectivity index (χ4v) is 3.45. The Morgan fingerprint density at radius 1 is 0.500 bits per heavy atom. The molecular formula is C16H16F17I. The molecule has 0 aromatic heterocycles. The molecule has 0 aromatic carbocycles. The van der Waals surface area contributed by atoms with Gasteiger partial charge in [0.1, 0.15) is 0 Å². The average molecular weight is 658 g/mol.